The molecule has 2 N–H and O–H groups in total. The normalized spacial score (nSPS) is 17.8. The smallest absolute Gasteiger partial charge is 0.191 e. The third-order valence-electron chi connectivity index (χ3n) is 3.50. The van der Waals surface area contributed by atoms with Gasteiger partial charge in [-0.25, -0.2) is 0 Å². The zero-order valence-corrected chi connectivity index (χ0v) is 17.8. The van der Waals surface area contributed by atoms with Crippen LogP contribution in [-0.2, 0) is 14.2 Å². The molecule has 0 amide bonds. The van der Waals surface area contributed by atoms with Crippen LogP contribution in [0.15, 0.2) is 4.99 Å². The molecule has 6 nitrogen and oxygen atoms in total. The van der Waals surface area contributed by atoms with Crippen LogP contribution in [0.5, 0.6) is 0 Å². The van der Waals surface area contributed by atoms with Crippen LogP contribution in [0.1, 0.15) is 40.0 Å². The van der Waals surface area contributed by atoms with E-state index in [1.807, 2.05) is 0 Å². The summed E-state index contributed by atoms with van der Waals surface area (Å²) in [5.74, 6) is 1.46. The summed E-state index contributed by atoms with van der Waals surface area (Å²) in [5, 5.41) is 6.59. The van der Waals surface area contributed by atoms with Crippen LogP contribution < -0.4 is 10.6 Å². The summed E-state index contributed by atoms with van der Waals surface area (Å²) < 4.78 is 16.5. The summed E-state index contributed by atoms with van der Waals surface area (Å²) in [4.78, 5) is 4.56. The Balaban J connectivity index is 0.00000529. The highest BCUT2D eigenvalue weighted by Crippen LogP contribution is 2.12. The fraction of sp³-hybridized carbons (Fsp3) is 0.941. The predicted octanol–water partition coefficient (Wildman–Crippen LogP) is 2.42. The summed E-state index contributed by atoms with van der Waals surface area (Å²) in [5.41, 5.74) is 0. The molecule has 1 unspecified atom stereocenters. The van der Waals surface area contributed by atoms with Crippen molar-refractivity contribution < 1.29 is 14.2 Å². The maximum Gasteiger partial charge on any atom is 0.191 e. The Morgan fingerprint density at radius 1 is 1.25 bits per heavy atom. The average molecular weight is 457 g/mol. The van der Waals surface area contributed by atoms with Crippen molar-refractivity contribution in [1.82, 2.24) is 10.6 Å². The third-order valence-corrected chi connectivity index (χ3v) is 3.50. The highest BCUT2D eigenvalue weighted by atomic mass is 127. The van der Waals surface area contributed by atoms with E-state index in [-0.39, 0.29) is 24.0 Å². The molecule has 1 rings (SSSR count). The molecule has 0 aromatic carbocycles. The van der Waals surface area contributed by atoms with E-state index < -0.39 is 0 Å². The lowest BCUT2D eigenvalue weighted by Crippen LogP contribution is -2.38. The van der Waals surface area contributed by atoms with Gasteiger partial charge in [-0.1, -0.05) is 0 Å². The maximum absolute atomic E-state index is 5.69. The summed E-state index contributed by atoms with van der Waals surface area (Å²) in [6, 6.07) is 0. The SMILES string of the molecule is CCNC(=NCCCOCC1CCOC1)NCCCOC(C)C.I. The van der Waals surface area contributed by atoms with Crippen LogP contribution >= 0.6 is 24.0 Å². The molecule has 24 heavy (non-hydrogen) atoms. The van der Waals surface area contributed by atoms with Gasteiger partial charge in [-0.05, 0) is 40.0 Å². The van der Waals surface area contributed by atoms with E-state index >= 15 is 0 Å². The number of hydrogen-bond acceptors (Lipinski definition) is 4. The van der Waals surface area contributed by atoms with E-state index in [9.17, 15) is 0 Å². The molecule has 1 heterocycles. The van der Waals surface area contributed by atoms with Crippen LogP contribution in [0, 0.1) is 5.92 Å². The maximum atomic E-state index is 5.69. The number of halogens is 1. The molecule has 1 fully saturated rings. The lowest BCUT2D eigenvalue weighted by atomic mass is 10.1. The van der Waals surface area contributed by atoms with E-state index in [0.29, 0.717) is 12.0 Å². The molecule has 0 aromatic heterocycles. The summed E-state index contributed by atoms with van der Waals surface area (Å²) in [6.07, 6.45) is 3.36. The van der Waals surface area contributed by atoms with Crippen molar-refractivity contribution >= 4 is 29.9 Å². The second-order valence-electron chi connectivity index (χ2n) is 6.12. The molecule has 0 aromatic rings. The number of nitrogens with zero attached hydrogens (tertiary/aromatic N) is 1. The molecule has 144 valence electrons. The van der Waals surface area contributed by atoms with E-state index in [1.54, 1.807) is 0 Å². The molecule has 0 saturated carbocycles. The van der Waals surface area contributed by atoms with Gasteiger partial charge in [-0.15, -0.1) is 24.0 Å². The second-order valence-corrected chi connectivity index (χ2v) is 6.12. The Labute approximate surface area is 164 Å². The minimum atomic E-state index is 0. The van der Waals surface area contributed by atoms with Crippen LogP contribution in [0.2, 0.25) is 0 Å². The number of aliphatic imine (C=N–C) groups is 1. The van der Waals surface area contributed by atoms with Gasteiger partial charge in [0.15, 0.2) is 5.96 Å². The van der Waals surface area contributed by atoms with Crippen LogP contribution in [0.3, 0.4) is 0 Å². The van der Waals surface area contributed by atoms with Crippen molar-refractivity contribution in [2.24, 2.45) is 10.9 Å². The summed E-state index contributed by atoms with van der Waals surface area (Å²) >= 11 is 0. The third kappa shape index (κ3) is 13.2. The van der Waals surface area contributed by atoms with E-state index in [2.05, 4.69) is 36.4 Å². The van der Waals surface area contributed by atoms with Gasteiger partial charge >= 0.3 is 0 Å². The molecule has 1 aliphatic heterocycles. The topological polar surface area (TPSA) is 64.1 Å². The first-order valence-corrected chi connectivity index (χ1v) is 9.01. The molecule has 1 aliphatic rings. The molecular formula is C17H36IN3O3. The number of nitrogens with one attached hydrogen (secondary N) is 2. The van der Waals surface area contributed by atoms with Crippen LogP contribution in [0.25, 0.3) is 0 Å². The van der Waals surface area contributed by atoms with Gasteiger partial charge in [0, 0.05) is 45.4 Å². The molecule has 7 heteroatoms. The van der Waals surface area contributed by atoms with Gasteiger partial charge in [-0.2, -0.15) is 0 Å². The monoisotopic (exact) mass is 457 g/mol. The Bertz CT molecular complexity index is 311. The lowest BCUT2D eigenvalue weighted by molar-refractivity contribution is 0.0776. The highest BCUT2D eigenvalue weighted by Gasteiger charge is 2.15. The van der Waals surface area contributed by atoms with Gasteiger partial charge in [-0.3, -0.25) is 4.99 Å². The summed E-state index contributed by atoms with van der Waals surface area (Å²) in [6.45, 7) is 12.8. The van der Waals surface area contributed by atoms with E-state index in [0.717, 1.165) is 77.9 Å². The molecule has 0 radical (unpaired) electrons. The van der Waals surface area contributed by atoms with Crippen molar-refractivity contribution in [2.45, 2.75) is 46.1 Å². The number of ether oxygens (including phenoxy) is 3. The first-order chi connectivity index (χ1) is 11.2. The number of rotatable bonds is 12. The van der Waals surface area contributed by atoms with Crippen molar-refractivity contribution in [3.8, 4) is 0 Å². The minimum absolute atomic E-state index is 0. The average Bonchev–Trinajstić information content (AvgIpc) is 3.03. The second kappa shape index (κ2) is 16.4. The van der Waals surface area contributed by atoms with E-state index in [4.69, 9.17) is 14.2 Å². The fourth-order valence-corrected chi connectivity index (χ4v) is 2.26. The first kappa shape index (κ1) is 23.9. The van der Waals surface area contributed by atoms with Crippen molar-refractivity contribution in [1.29, 1.82) is 0 Å². The Morgan fingerprint density at radius 3 is 2.75 bits per heavy atom. The molecule has 0 spiro atoms. The van der Waals surface area contributed by atoms with Gasteiger partial charge in [0.2, 0.25) is 0 Å². The Morgan fingerprint density at radius 2 is 2.08 bits per heavy atom. The fourth-order valence-electron chi connectivity index (χ4n) is 2.26. The zero-order chi connectivity index (χ0) is 16.8. The Hall–Kier alpha value is -0.120. The molecular weight excluding hydrogens is 421 g/mol. The van der Waals surface area contributed by atoms with Crippen LogP contribution in [-0.4, -0.2) is 64.7 Å². The highest BCUT2D eigenvalue weighted by molar-refractivity contribution is 14.0. The number of guanidine groups is 1. The van der Waals surface area contributed by atoms with Gasteiger partial charge < -0.3 is 24.8 Å². The van der Waals surface area contributed by atoms with Crippen molar-refractivity contribution in [2.75, 3.05) is 52.7 Å². The van der Waals surface area contributed by atoms with Gasteiger partial charge in [0.25, 0.3) is 0 Å². The van der Waals surface area contributed by atoms with Gasteiger partial charge in [0.05, 0.1) is 19.3 Å². The summed E-state index contributed by atoms with van der Waals surface area (Å²) in [7, 11) is 0. The standard InChI is InChI=1S/C17H35N3O3.HI/c1-4-18-17(20-9-6-11-23-15(2)3)19-8-5-10-21-13-16-7-12-22-14-16;/h15-16H,4-14H2,1-3H3,(H2,18,19,20);1H. The Kier molecular flexibility index (Phi) is 16.3. The number of hydrogen-bond donors (Lipinski definition) is 2. The molecule has 0 bridgehead atoms. The molecule has 1 saturated heterocycles. The molecule has 1 atom stereocenters. The van der Waals surface area contributed by atoms with Crippen molar-refractivity contribution in [3.05, 3.63) is 0 Å². The lowest BCUT2D eigenvalue weighted by Gasteiger charge is -2.12. The predicted molar refractivity (Wildman–Crippen MR) is 109 cm³/mol. The van der Waals surface area contributed by atoms with Crippen molar-refractivity contribution in [3.63, 3.8) is 0 Å². The zero-order valence-electron chi connectivity index (χ0n) is 15.5. The van der Waals surface area contributed by atoms with Crippen LogP contribution in [0.4, 0.5) is 0 Å². The molecule has 0 aliphatic carbocycles. The largest absolute Gasteiger partial charge is 0.381 e. The quantitative estimate of drug-likeness (QED) is 0.204. The minimum Gasteiger partial charge on any atom is -0.381 e. The van der Waals surface area contributed by atoms with Gasteiger partial charge in [0.1, 0.15) is 0 Å². The first-order valence-electron chi connectivity index (χ1n) is 9.01. The van der Waals surface area contributed by atoms with E-state index in [1.165, 1.54) is 0 Å².